The zero-order valence-electron chi connectivity index (χ0n) is 8.11. The van der Waals surface area contributed by atoms with Crippen LogP contribution in [-0.4, -0.2) is 15.2 Å². The number of rotatable bonds is 2. The molecule has 80 valence electrons. The van der Waals surface area contributed by atoms with E-state index in [9.17, 15) is 13.4 Å². The third kappa shape index (κ3) is 2.31. The van der Waals surface area contributed by atoms with E-state index in [1.165, 1.54) is 12.1 Å². The summed E-state index contributed by atoms with van der Waals surface area (Å²) in [5.74, 6) is -0.227. The number of halogens is 1. The summed E-state index contributed by atoms with van der Waals surface area (Å²) in [7, 11) is -1.25. The van der Waals surface area contributed by atoms with Crippen molar-refractivity contribution < 1.29 is 13.4 Å². The van der Waals surface area contributed by atoms with E-state index in [4.69, 9.17) is 0 Å². The Morgan fingerprint density at radius 2 is 2.20 bits per heavy atom. The molecular formula is C11H11FO2S. The van der Waals surface area contributed by atoms with Crippen LogP contribution < -0.4 is 0 Å². The first-order chi connectivity index (χ1) is 7.16. The van der Waals surface area contributed by atoms with Crippen LogP contribution >= 0.6 is 0 Å². The largest absolute Gasteiger partial charge is 0.300 e. The lowest BCUT2D eigenvalue weighted by molar-refractivity contribution is -0.117. The molecule has 1 fully saturated rings. The molecule has 1 aromatic rings. The van der Waals surface area contributed by atoms with Crippen molar-refractivity contribution in [3.8, 4) is 0 Å². The van der Waals surface area contributed by atoms with E-state index < -0.39 is 10.8 Å². The van der Waals surface area contributed by atoms with Gasteiger partial charge in [-0.25, -0.2) is 4.39 Å². The molecule has 0 aliphatic heterocycles. The highest BCUT2D eigenvalue weighted by Gasteiger charge is 2.27. The number of ketones is 1. The molecule has 1 aromatic carbocycles. The van der Waals surface area contributed by atoms with Crippen molar-refractivity contribution in [2.45, 2.75) is 29.4 Å². The second-order valence-corrected chi connectivity index (χ2v) is 5.39. The van der Waals surface area contributed by atoms with E-state index in [1.807, 2.05) is 0 Å². The van der Waals surface area contributed by atoms with Gasteiger partial charge in [0.25, 0.3) is 0 Å². The first-order valence-electron chi connectivity index (χ1n) is 4.84. The molecule has 2 rings (SSSR count). The molecule has 0 aromatic heterocycles. The van der Waals surface area contributed by atoms with Gasteiger partial charge in [0, 0.05) is 23.0 Å². The number of carbonyl (C=O) groups is 1. The van der Waals surface area contributed by atoms with Crippen molar-refractivity contribution in [1.82, 2.24) is 0 Å². The van der Waals surface area contributed by atoms with Crippen molar-refractivity contribution in [2.75, 3.05) is 0 Å². The SMILES string of the molecule is O=C1CCC(S(=O)c2cccc(F)c2)C1. The zero-order chi connectivity index (χ0) is 10.8. The second-order valence-electron chi connectivity index (χ2n) is 3.66. The predicted molar refractivity (Wildman–Crippen MR) is 55.5 cm³/mol. The summed E-state index contributed by atoms with van der Waals surface area (Å²) in [6.07, 6.45) is 1.52. The molecule has 15 heavy (non-hydrogen) atoms. The molecule has 0 amide bonds. The molecule has 4 heteroatoms. The summed E-state index contributed by atoms with van der Waals surface area (Å²) >= 11 is 0. The average Bonchev–Trinajstić information content (AvgIpc) is 2.64. The van der Waals surface area contributed by atoms with Gasteiger partial charge >= 0.3 is 0 Å². The van der Waals surface area contributed by atoms with Gasteiger partial charge in [0.2, 0.25) is 0 Å². The zero-order valence-corrected chi connectivity index (χ0v) is 8.93. The molecule has 0 heterocycles. The van der Waals surface area contributed by atoms with Crippen LogP contribution in [0.25, 0.3) is 0 Å². The van der Waals surface area contributed by atoms with Crippen LogP contribution in [0, 0.1) is 5.82 Å². The molecule has 0 spiro atoms. The normalized spacial score (nSPS) is 23.0. The summed E-state index contributed by atoms with van der Waals surface area (Å²) in [5, 5.41) is -0.126. The third-order valence-corrected chi connectivity index (χ3v) is 4.26. The summed E-state index contributed by atoms with van der Waals surface area (Å²) in [5.41, 5.74) is 0. The topological polar surface area (TPSA) is 34.1 Å². The standard InChI is InChI=1S/C11H11FO2S/c12-8-2-1-3-10(6-8)15(14)11-5-4-9(13)7-11/h1-3,6,11H,4-5,7H2. The van der Waals surface area contributed by atoms with Gasteiger partial charge in [-0.1, -0.05) is 6.07 Å². The van der Waals surface area contributed by atoms with Crippen molar-refractivity contribution in [1.29, 1.82) is 0 Å². The van der Waals surface area contributed by atoms with E-state index in [1.54, 1.807) is 12.1 Å². The van der Waals surface area contributed by atoms with Crippen LogP contribution in [-0.2, 0) is 15.6 Å². The lowest BCUT2D eigenvalue weighted by Crippen LogP contribution is -2.11. The summed E-state index contributed by atoms with van der Waals surface area (Å²) in [6, 6.07) is 5.78. The Balaban J connectivity index is 2.17. The van der Waals surface area contributed by atoms with Gasteiger partial charge in [-0.05, 0) is 24.6 Å². The maximum Gasteiger partial charge on any atom is 0.134 e. The third-order valence-electron chi connectivity index (χ3n) is 2.53. The smallest absolute Gasteiger partial charge is 0.134 e. The van der Waals surface area contributed by atoms with Crippen molar-refractivity contribution in [2.24, 2.45) is 0 Å². The van der Waals surface area contributed by atoms with Gasteiger partial charge in [0.1, 0.15) is 11.6 Å². The van der Waals surface area contributed by atoms with Crippen LogP contribution in [0.5, 0.6) is 0 Å². The summed E-state index contributed by atoms with van der Waals surface area (Å²) in [6.45, 7) is 0. The molecule has 2 atom stereocenters. The summed E-state index contributed by atoms with van der Waals surface area (Å²) in [4.78, 5) is 11.5. The van der Waals surface area contributed by atoms with Crippen molar-refractivity contribution >= 4 is 16.6 Å². The molecule has 0 bridgehead atoms. The molecule has 2 nitrogen and oxygen atoms in total. The minimum absolute atomic E-state index is 0.126. The monoisotopic (exact) mass is 226 g/mol. The first kappa shape index (κ1) is 10.5. The predicted octanol–water partition coefficient (Wildman–Crippen LogP) is 2.05. The van der Waals surface area contributed by atoms with E-state index in [0.29, 0.717) is 24.2 Å². The average molecular weight is 226 g/mol. The molecule has 2 unspecified atom stereocenters. The minimum atomic E-state index is -1.25. The molecule has 1 saturated carbocycles. The quantitative estimate of drug-likeness (QED) is 0.773. The van der Waals surface area contributed by atoms with Crippen LogP contribution in [0.4, 0.5) is 4.39 Å². The molecular weight excluding hydrogens is 215 g/mol. The van der Waals surface area contributed by atoms with Gasteiger partial charge in [0.05, 0.1) is 10.8 Å². The Morgan fingerprint density at radius 3 is 2.80 bits per heavy atom. The van der Waals surface area contributed by atoms with E-state index in [2.05, 4.69) is 0 Å². The number of carbonyl (C=O) groups excluding carboxylic acids is 1. The Morgan fingerprint density at radius 1 is 1.40 bits per heavy atom. The van der Waals surface area contributed by atoms with Crippen molar-refractivity contribution in [3.05, 3.63) is 30.1 Å². The van der Waals surface area contributed by atoms with Gasteiger partial charge < -0.3 is 0 Å². The Bertz CT molecular complexity index is 417. The van der Waals surface area contributed by atoms with Crippen molar-refractivity contribution in [3.63, 3.8) is 0 Å². The fourth-order valence-electron chi connectivity index (χ4n) is 1.75. The Kier molecular flexibility index (Phi) is 2.95. The fraction of sp³-hybridized carbons (Fsp3) is 0.364. The highest BCUT2D eigenvalue weighted by molar-refractivity contribution is 7.85. The first-order valence-corrected chi connectivity index (χ1v) is 6.06. The highest BCUT2D eigenvalue weighted by atomic mass is 32.2. The maximum atomic E-state index is 12.9. The molecule has 1 aliphatic carbocycles. The van der Waals surface area contributed by atoms with Crippen LogP contribution in [0.3, 0.4) is 0 Å². The van der Waals surface area contributed by atoms with E-state index in [0.717, 1.165) is 0 Å². The van der Waals surface area contributed by atoms with E-state index >= 15 is 0 Å². The van der Waals surface area contributed by atoms with Crippen LogP contribution in [0.1, 0.15) is 19.3 Å². The maximum absolute atomic E-state index is 12.9. The highest BCUT2D eigenvalue weighted by Crippen LogP contribution is 2.24. The van der Waals surface area contributed by atoms with Gasteiger partial charge in [-0.15, -0.1) is 0 Å². The summed E-state index contributed by atoms with van der Waals surface area (Å²) < 4.78 is 24.8. The van der Waals surface area contributed by atoms with Gasteiger partial charge in [-0.2, -0.15) is 0 Å². The number of hydrogen-bond donors (Lipinski definition) is 0. The molecule has 0 radical (unpaired) electrons. The second kappa shape index (κ2) is 4.23. The Labute approximate surface area is 90.0 Å². The number of Topliss-reactive ketones (excluding diaryl/α,β-unsaturated/α-hetero) is 1. The van der Waals surface area contributed by atoms with E-state index in [-0.39, 0.29) is 16.9 Å². The molecule has 1 aliphatic rings. The number of benzene rings is 1. The minimum Gasteiger partial charge on any atom is -0.300 e. The van der Waals surface area contributed by atoms with Crippen LogP contribution in [0.2, 0.25) is 0 Å². The Hall–Kier alpha value is -1.03. The van der Waals surface area contributed by atoms with Crippen LogP contribution in [0.15, 0.2) is 29.2 Å². The fourth-order valence-corrected chi connectivity index (χ4v) is 3.24. The lowest BCUT2D eigenvalue weighted by Gasteiger charge is -2.07. The number of hydrogen-bond acceptors (Lipinski definition) is 2. The van der Waals surface area contributed by atoms with Gasteiger partial charge in [0.15, 0.2) is 0 Å². The molecule has 0 N–H and O–H groups in total. The molecule has 0 saturated heterocycles. The van der Waals surface area contributed by atoms with Gasteiger partial charge in [-0.3, -0.25) is 9.00 Å². The lowest BCUT2D eigenvalue weighted by atomic mass is 10.3.